The van der Waals surface area contributed by atoms with Crippen molar-refractivity contribution in [2.45, 2.75) is 43.9 Å². The Hall–Kier alpha value is -1.78. The molecule has 0 aromatic heterocycles. The number of phenolic OH excluding ortho intramolecular Hbond substituents is 1. The van der Waals surface area contributed by atoms with Crippen LogP contribution in [-0.4, -0.2) is 55.5 Å². The van der Waals surface area contributed by atoms with Gasteiger partial charge in [-0.15, -0.1) is 11.8 Å². The second kappa shape index (κ2) is 8.63. The molecule has 2 unspecified atom stereocenters. The predicted octanol–water partition coefficient (Wildman–Crippen LogP) is -2.53. The number of phenols is 1. The molecule has 3 aliphatic heterocycles. The van der Waals surface area contributed by atoms with Crippen LogP contribution in [0.4, 0.5) is 0 Å². The van der Waals surface area contributed by atoms with Gasteiger partial charge in [-0.3, -0.25) is 19.8 Å². The molecule has 2 fully saturated rings. The topological polar surface area (TPSA) is 113 Å². The quantitative estimate of drug-likeness (QED) is 0.383. The summed E-state index contributed by atoms with van der Waals surface area (Å²) in [5, 5.41) is 24.0. The van der Waals surface area contributed by atoms with Gasteiger partial charge < -0.3 is 19.9 Å². The molecule has 0 bridgehead atoms. The molecular weight excluding hydrogens is 429 g/mol. The van der Waals surface area contributed by atoms with E-state index in [1.165, 1.54) is 33.7 Å². The van der Waals surface area contributed by atoms with Gasteiger partial charge in [-0.2, -0.15) is 0 Å². The number of nitrogens with zero attached hydrogens (tertiary/aromatic N) is 2. The summed E-state index contributed by atoms with van der Waals surface area (Å²) in [6, 6.07) is 4.91. The third-order valence-corrected chi connectivity index (χ3v) is 6.91. The van der Waals surface area contributed by atoms with Crippen LogP contribution in [0.2, 0.25) is 0 Å². The van der Waals surface area contributed by atoms with Crippen LogP contribution in [0.3, 0.4) is 0 Å². The van der Waals surface area contributed by atoms with Crippen LogP contribution in [0.5, 0.6) is 5.75 Å². The summed E-state index contributed by atoms with van der Waals surface area (Å²) in [7, 11) is 0. The van der Waals surface area contributed by atoms with E-state index in [9.17, 15) is 24.6 Å². The molecule has 1 aromatic carbocycles. The third-order valence-electron chi connectivity index (χ3n) is 5.62. The fraction of sp³-hybridized carbons (Fsp3) is 0.381. The van der Waals surface area contributed by atoms with Gasteiger partial charge in [0.2, 0.25) is 5.91 Å². The maximum absolute atomic E-state index is 13.3. The molecule has 1 aromatic rings. The molecule has 3 aliphatic rings. The van der Waals surface area contributed by atoms with Crippen molar-refractivity contribution in [1.82, 2.24) is 15.1 Å². The van der Waals surface area contributed by atoms with Crippen LogP contribution in [0.1, 0.15) is 32.4 Å². The standard InChI is InChI=1S/C21H23N3O5S.Na/c1-4-5-12-10-30-19-16(18(27)23(19)15(12)20(28)29)24-17(26)14(22-21(24,2)3)11-6-8-13(25)9-7-11;/h4-9,14,16,19,22,25H,10H2,1-3H3,(H,28,29);/q;+1/p-1/b5-4-;/t14?,16?,19-;/m0./s1. The first-order valence-corrected chi connectivity index (χ1v) is 10.6. The second-order valence-electron chi connectivity index (χ2n) is 7.95. The van der Waals surface area contributed by atoms with Crippen LogP contribution in [-0.2, 0) is 14.4 Å². The van der Waals surface area contributed by atoms with Gasteiger partial charge in [-0.05, 0) is 44.0 Å². The molecule has 8 nitrogen and oxygen atoms in total. The average molecular weight is 451 g/mol. The van der Waals surface area contributed by atoms with E-state index in [4.69, 9.17) is 0 Å². The Morgan fingerprint density at radius 2 is 1.90 bits per heavy atom. The molecule has 0 radical (unpaired) electrons. The predicted molar refractivity (Wildman–Crippen MR) is 109 cm³/mol. The minimum atomic E-state index is -1.40. The van der Waals surface area contributed by atoms with Crippen molar-refractivity contribution in [1.29, 1.82) is 0 Å². The van der Waals surface area contributed by atoms with E-state index in [0.717, 1.165) is 0 Å². The number of aliphatic carboxylic acids is 1. The summed E-state index contributed by atoms with van der Waals surface area (Å²) in [5.74, 6) is -1.57. The Labute approximate surface area is 206 Å². The number of benzene rings is 1. The molecule has 31 heavy (non-hydrogen) atoms. The average Bonchev–Trinajstić information content (AvgIpc) is 2.92. The molecule has 0 aliphatic carbocycles. The van der Waals surface area contributed by atoms with E-state index in [0.29, 0.717) is 16.9 Å². The monoisotopic (exact) mass is 451 g/mol. The molecular formula is C21H22N3NaO5S. The fourth-order valence-corrected chi connectivity index (χ4v) is 5.68. The van der Waals surface area contributed by atoms with Gasteiger partial charge in [0.15, 0.2) is 0 Å². The molecule has 3 heterocycles. The zero-order valence-corrected chi connectivity index (χ0v) is 20.6. The summed E-state index contributed by atoms with van der Waals surface area (Å²) in [6.07, 6.45) is 3.39. The number of carbonyl (C=O) groups excluding carboxylic acids is 3. The second-order valence-corrected chi connectivity index (χ2v) is 9.06. The number of β-lactam (4-membered cyclic amide) rings is 1. The fourth-order valence-electron chi connectivity index (χ4n) is 4.32. The van der Waals surface area contributed by atoms with Gasteiger partial charge in [-0.25, -0.2) is 0 Å². The summed E-state index contributed by atoms with van der Waals surface area (Å²) in [4.78, 5) is 40.9. The molecule has 10 heteroatoms. The number of carboxylic acids is 1. The van der Waals surface area contributed by atoms with Crippen molar-refractivity contribution in [2.75, 3.05) is 5.75 Å². The zero-order valence-electron chi connectivity index (χ0n) is 17.8. The number of carbonyl (C=O) groups is 3. The van der Waals surface area contributed by atoms with Crippen molar-refractivity contribution < 1.29 is 54.2 Å². The molecule has 4 rings (SSSR count). The minimum Gasteiger partial charge on any atom is -0.543 e. The smallest absolute Gasteiger partial charge is 0.543 e. The first-order chi connectivity index (χ1) is 14.2. The molecule has 2 amide bonds. The number of carboxylic acid groups (broad SMARTS) is 1. The summed E-state index contributed by atoms with van der Waals surface area (Å²) >= 11 is 1.43. The van der Waals surface area contributed by atoms with Crippen molar-refractivity contribution in [3.63, 3.8) is 0 Å². The Balaban J connectivity index is 0.00000272. The maximum Gasteiger partial charge on any atom is 1.00 e. The zero-order chi connectivity index (χ0) is 21.8. The van der Waals surface area contributed by atoms with Crippen molar-refractivity contribution in [3.05, 3.63) is 53.3 Å². The number of nitrogens with one attached hydrogen (secondary N) is 1. The van der Waals surface area contributed by atoms with Gasteiger partial charge in [0.05, 0.1) is 17.3 Å². The summed E-state index contributed by atoms with van der Waals surface area (Å²) < 4.78 is 0. The summed E-state index contributed by atoms with van der Waals surface area (Å²) in [5.41, 5.74) is 0.268. The van der Waals surface area contributed by atoms with E-state index in [1.807, 2.05) is 13.8 Å². The number of fused-ring (bicyclic) bond motifs is 1. The first kappa shape index (κ1) is 23.9. The van der Waals surface area contributed by atoms with E-state index in [2.05, 4.69) is 5.32 Å². The molecule has 0 saturated carbocycles. The van der Waals surface area contributed by atoms with E-state index < -0.39 is 35.0 Å². The number of hydrogen-bond acceptors (Lipinski definition) is 7. The van der Waals surface area contributed by atoms with Gasteiger partial charge in [0.1, 0.15) is 23.2 Å². The Morgan fingerprint density at radius 1 is 1.26 bits per heavy atom. The third kappa shape index (κ3) is 3.82. The van der Waals surface area contributed by atoms with E-state index in [1.54, 1.807) is 31.2 Å². The normalized spacial score (nSPS) is 27.3. The molecule has 158 valence electrons. The molecule has 3 atom stereocenters. The Bertz CT molecular complexity index is 991. The van der Waals surface area contributed by atoms with Crippen LogP contribution in [0, 0.1) is 0 Å². The van der Waals surface area contributed by atoms with Gasteiger partial charge >= 0.3 is 29.6 Å². The van der Waals surface area contributed by atoms with Gasteiger partial charge in [0, 0.05) is 5.75 Å². The van der Waals surface area contributed by atoms with Gasteiger partial charge in [0.25, 0.3) is 5.91 Å². The minimum absolute atomic E-state index is 0. The van der Waals surface area contributed by atoms with Crippen molar-refractivity contribution in [3.8, 4) is 5.75 Å². The Morgan fingerprint density at radius 3 is 2.48 bits per heavy atom. The maximum atomic E-state index is 13.3. The van der Waals surface area contributed by atoms with Crippen LogP contribution < -0.4 is 40.0 Å². The van der Waals surface area contributed by atoms with Gasteiger partial charge in [-0.1, -0.05) is 24.3 Å². The molecule has 0 spiro atoms. The van der Waals surface area contributed by atoms with Crippen LogP contribution in [0.15, 0.2) is 47.7 Å². The largest absolute Gasteiger partial charge is 1.00 e. The number of amides is 2. The number of aromatic hydroxyl groups is 1. The van der Waals surface area contributed by atoms with E-state index >= 15 is 0 Å². The molecule has 2 saturated heterocycles. The van der Waals surface area contributed by atoms with E-state index in [-0.39, 0.29) is 46.9 Å². The van der Waals surface area contributed by atoms with Crippen molar-refractivity contribution >= 4 is 29.5 Å². The number of allylic oxidation sites excluding steroid dienone is 2. The van der Waals surface area contributed by atoms with Crippen LogP contribution in [0.25, 0.3) is 0 Å². The summed E-state index contributed by atoms with van der Waals surface area (Å²) in [6.45, 7) is 5.41. The number of rotatable bonds is 4. The number of hydrogen-bond donors (Lipinski definition) is 2. The SMILES string of the molecule is C/C=C\C1=C(C(=O)[O-])N2C(=O)C(N3C(=O)C(c4ccc(O)cc4)NC3(C)C)[C@@H]2SC1.[Na+]. The van der Waals surface area contributed by atoms with Crippen LogP contribution >= 0.6 is 11.8 Å². The van der Waals surface area contributed by atoms with Crippen molar-refractivity contribution in [2.24, 2.45) is 0 Å². The first-order valence-electron chi connectivity index (χ1n) is 9.59. The Kier molecular flexibility index (Phi) is 6.65. The number of thioether (sulfide) groups is 1. The molecule has 2 N–H and O–H groups in total.